The highest BCUT2D eigenvalue weighted by atomic mass is 79.9. The van der Waals surface area contributed by atoms with Crippen molar-refractivity contribution in [3.05, 3.63) is 50.5 Å². The quantitative estimate of drug-likeness (QED) is 0.757. The molecule has 3 rings (SSSR count). The first-order valence-corrected chi connectivity index (χ1v) is 8.12. The molecule has 0 spiro atoms. The van der Waals surface area contributed by atoms with Gasteiger partial charge in [0.25, 0.3) is 0 Å². The first-order valence-electron chi connectivity index (χ1n) is 6.45. The Morgan fingerprint density at radius 1 is 1.50 bits per heavy atom. The molecule has 104 valence electrons. The van der Waals surface area contributed by atoms with E-state index in [1.807, 2.05) is 17.0 Å². The van der Waals surface area contributed by atoms with E-state index >= 15 is 0 Å². The van der Waals surface area contributed by atoms with E-state index in [9.17, 15) is 4.79 Å². The Morgan fingerprint density at radius 2 is 2.35 bits per heavy atom. The minimum Gasteiger partial charge on any atom is -0.450 e. The van der Waals surface area contributed by atoms with Crippen molar-refractivity contribution < 1.29 is 9.21 Å². The summed E-state index contributed by atoms with van der Waals surface area (Å²) in [4.78, 5) is 15.6. The lowest BCUT2D eigenvalue weighted by molar-refractivity contribution is -0.128. The molecule has 0 saturated carbocycles. The summed E-state index contributed by atoms with van der Waals surface area (Å²) < 4.78 is 6.02. The van der Waals surface area contributed by atoms with Crippen LogP contribution < -0.4 is 0 Å². The molecule has 5 heteroatoms. The number of amides is 1. The summed E-state index contributed by atoms with van der Waals surface area (Å²) in [5.74, 6) is 0.702. The van der Waals surface area contributed by atoms with E-state index in [1.54, 1.807) is 23.5 Å². The van der Waals surface area contributed by atoms with Gasteiger partial charge in [0.1, 0.15) is 5.76 Å². The lowest BCUT2D eigenvalue weighted by atomic mass is 10.0. The van der Waals surface area contributed by atoms with E-state index in [4.69, 9.17) is 4.42 Å². The molecule has 1 amide bonds. The van der Waals surface area contributed by atoms with Crippen molar-refractivity contribution in [2.45, 2.75) is 19.4 Å². The van der Waals surface area contributed by atoms with Crippen molar-refractivity contribution in [1.82, 2.24) is 4.90 Å². The first kappa shape index (κ1) is 13.6. The third kappa shape index (κ3) is 2.60. The molecule has 3 heterocycles. The fourth-order valence-corrected chi connectivity index (χ4v) is 3.76. The van der Waals surface area contributed by atoms with Crippen LogP contribution in [0.3, 0.4) is 0 Å². The third-order valence-electron chi connectivity index (χ3n) is 3.54. The number of carbonyl (C=O) groups excluding carboxylic acids is 1. The molecule has 0 saturated heterocycles. The van der Waals surface area contributed by atoms with Gasteiger partial charge < -0.3 is 9.32 Å². The summed E-state index contributed by atoms with van der Waals surface area (Å²) >= 11 is 5.02. The topological polar surface area (TPSA) is 33.5 Å². The molecule has 1 atom stereocenters. The van der Waals surface area contributed by atoms with Crippen LogP contribution in [0.15, 0.2) is 38.7 Å². The molecule has 2 aromatic heterocycles. The summed E-state index contributed by atoms with van der Waals surface area (Å²) in [7, 11) is 0. The van der Waals surface area contributed by atoms with Gasteiger partial charge in [0.2, 0.25) is 5.91 Å². The maximum Gasteiger partial charge on any atom is 0.247 e. The predicted octanol–water partition coefficient (Wildman–Crippen LogP) is 4.26. The SMILES string of the molecule is CC1c2ccsc2CCN1C(=O)/C=C/c1ccc(Br)o1. The minimum atomic E-state index is 0.0295. The largest absolute Gasteiger partial charge is 0.450 e. The van der Waals surface area contributed by atoms with E-state index in [0.29, 0.717) is 10.4 Å². The molecule has 1 unspecified atom stereocenters. The zero-order valence-corrected chi connectivity index (χ0v) is 13.4. The minimum absolute atomic E-state index is 0.0295. The van der Waals surface area contributed by atoms with Crippen LogP contribution in [-0.2, 0) is 11.2 Å². The highest BCUT2D eigenvalue weighted by Crippen LogP contribution is 2.32. The Kier molecular flexibility index (Phi) is 3.81. The van der Waals surface area contributed by atoms with E-state index in [2.05, 4.69) is 34.3 Å². The number of furan rings is 1. The third-order valence-corrected chi connectivity index (χ3v) is 4.97. The molecule has 3 nitrogen and oxygen atoms in total. The number of carbonyl (C=O) groups is 1. The Hall–Kier alpha value is -1.33. The molecule has 0 radical (unpaired) electrons. The van der Waals surface area contributed by atoms with Crippen molar-refractivity contribution in [1.29, 1.82) is 0 Å². The number of thiophene rings is 1. The van der Waals surface area contributed by atoms with E-state index in [-0.39, 0.29) is 11.9 Å². The van der Waals surface area contributed by atoms with Gasteiger partial charge in [-0.15, -0.1) is 11.3 Å². The van der Waals surface area contributed by atoms with Gasteiger partial charge in [-0.05, 0) is 64.5 Å². The lowest BCUT2D eigenvalue weighted by Crippen LogP contribution is -2.37. The number of rotatable bonds is 2. The second-order valence-corrected chi connectivity index (χ2v) is 6.51. The summed E-state index contributed by atoms with van der Waals surface area (Å²) in [6, 6.07) is 5.90. The standard InChI is InChI=1S/C15H14BrNO2S/c1-10-12-7-9-20-13(12)6-8-17(10)15(18)5-3-11-2-4-14(16)19-11/h2-5,7,9-10H,6,8H2,1H3/b5-3+. The van der Waals surface area contributed by atoms with Gasteiger partial charge in [-0.2, -0.15) is 0 Å². The number of halogens is 1. The van der Waals surface area contributed by atoms with Crippen LogP contribution in [0.25, 0.3) is 6.08 Å². The molecule has 0 aliphatic carbocycles. The molecule has 20 heavy (non-hydrogen) atoms. The van der Waals surface area contributed by atoms with Crippen LogP contribution in [0.2, 0.25) is 0 Å². The molecule has 1 aliphatic heterocycles. The summed E-state index contributed by atoms with van der Waals surface area (Å²) in [6.07, 6.45) is 4.24. The zero-order valence-electron chi connectivity index (χ0n) is 11.0. The van der Waals surface area contributed by atoms with Gasteiger partial charge in [0.15, 0.2) is 4.67 Å². The maximum absolute atomic E-state index is 12.3. The molecule has 0 aromatic carbocycles. The first-order chi connectivity index (χ1) is 9.65. The van der Waals surface area contributed by atoms with Crippen molar-refractivity contribution in [2.75, 3.05) is 6.54 Å². The van der Waals surface area contributed by atoms with Crippen LogP contribution in [0.1, 0.15) is 29.2 Å². The van der Waals surface area contributed by atoms with Gasteiger partial charge in [-0.1, -0.05) is 0 Å². The number of hydrogen-bond acceptors (Lipinski definition) is 3. The fourth-order valence-electron chi connectivity index (χ4n) is 2.48. The molecular formula is C15H14BrNO2S. The molecular weight excluding hydrogens is 338 g/mol. The summed E-state index contributed by atoms with van der Waals surface area (Å²) in [5, 5.41) is 2.10. The van der Waals surface area contributed by atoms with Crippen LogP contribution in [0, 0.1) is 0 Å². The molecule has 0 fully saturated rings. The van der Waals surface area contributed by atoms with E-state index in [0.717, 1.165) is 13.0 Å². The van der Waals surface area contributed by atoms with Crippen LogP contribution in [0.4, 0.5) is 0 Å². The zero-order chi connectivity index (χ0) is 14.1. The predicted molar refractivity (Wildman–Crippen MR) is 83.6 cm³/mol. The fraction of sp³-hybridized carbons (Fsp3) is 0.267. The highest BCUT2D eigenvalue weighted by Gasteiger charge is 2.26. The second-order valence-electron chi connectivity index (χ2n) is 4.73. The highest BCUT2D eigenvalue weighted by molar-refractivity contribution is 9.10. The Balaban J connectivity index is 1.74. The molecule has 1 aliphatic rings. The monoisotopic (exact) mass is 351 g/mol. The van der Waals surface area contributed by atoms with E-state index in [1.165, 1.54) is 10.4 Å². The van der Waals surface area contributed by atoms with Gasteiger partial charge in [0.05, 0.1) is 6.04 Å². The van der Waals surface area contributed by atoms with Crippen LogP contribution in [0.5, 0.6) is 0 Å². The van der Waals surface area contributed by atoms with E-state index < -0.39 is 0 Å². The van der Waals surface area contributed by atoms with Crippen LogP contribution in [-0.4, -0.2) is 17.4 Å². The molecule has 0 N–H and O–H groups in total. The van der Waals surface area contributed by atoms with Crippen LogP contribution >= 0.6 is 27.3 Å². The lowest BCUT2D eigenvalue weighted by Gasteiger charge is -2.32. The van der Waals surface area contributed by atoms with Gasteiger partial charge in [0, 0.05) is 17.5 Å². The van der Waals surface area contributed by atoms with Crippen molar-refractivity contribution in [3.63, 3.8) is 0 Å². The average Bonchev–Trinajstić information content (AvgIpc) is 3.05. The van der Waals surface area contributed by atoms with Crippen molar-refractivity contribution >= 4 is 39.2 Å². The van der Waals surface area contributed by atoms with Gasteiger partial charge >= 0.3 is 0 Å². The molecule has 2 aromatic rings. The molecule has 0 bridgehead atoms. The van der Waals surface area contributed by atoms with Gasteiger partial charge in [-0.25, -0.2) is 0 Å². The smallest absolute Gasteiger partial charge is 0.247 e. The average molecular weight is 352 g/mol. The Labute approximate surface area is 130 Å². The van der Waals surface area contributed by atoms with Crippen molar-refractivity contribution in [2.24, 2.45) is 0 Å². The summed E-state index contributed by atoms with van der Waals surface area (Å²) in [5.41, 5.74) is 1.28. The Bertz CT molecular complexity index is 658. The summed E-state index contributed by atoms with van der Waals surface area (Å²) in [6.45, 7) is 2.86. The number of fused-ring (bicyclic) bond motifs is 1. The Morgan fingerprint density at radius 3 is 3.10 bits per heavy atom. The number of nitrogens with zero attached hydrogens (tertiary/aromatic N) is 1. The van der Waals surface area contributed by atoms with Crippen molar-refractivity contribution in [3.8, 4) is 0 Å². The second kappa shape index (κ2) is 5.58. The number of hydrogen-bond donors (Lipinski definition) is 0. The normalized spacial score (nSPS) is 18.5. The maximum atomic E-state index is 12.3. The van der Waals surface area contributed by atoms with Gasteiger partial charge in [-0.3, -0.25) is 4.79 Å².